The number of anilines is 2. The molecule has 1 aliphatic heterocycles. The van der Waals surface area contributed by atoms with Crippen molar-refractivity contribution in [1.29, 1.82) is 0 Å². The van der Waals surface area contributed by atoms with Gasteiger partial charge in [-0.2, -0.15) is 0 Å². The molecule has 202 valence electrons. The van der Waals surface area contributed by atoms with Crippen LogP contribution >= 0.6 is 11.3 Å². The van der Waals surface area contributed by atoms with Crippen LogP contribution in [0.1, 0.15) is 13.8 Å². The Hall–Kier alpha value is -4.16. The summed E-state index contributed by atoms with van der Waals surface area (Å²) in [5.41, 5.74) is 2.43. The first-order valence-electron chi connectivity index (χ1n) is 12.6. The third-order valence-electron chi connectivity index (χ3n) is 6.71. The molecule has 4 aromatic rings. The topological polar surface area (TPSA) is 124 Å². The number of piperazine rings is 1. The zero-order valence-electron chi connectivity index (χ0n) is 21.5. The number of carboxylic acids is 1. The molecule has 3 aromatic heterocycles. The lowest BCUT2D eigenvalue weighted by atomic mass is 10.0. The number of halogens is 1. The van der Waals surface area contributed by atoms with E-state index in [-0.39, 0.29) is 10.6 Å². The third kappa shape index (κ3) is 5.52. The van der Waals surface area contributed by atoms with Crippen molar-refractivity contribution in [3.8, 4) is 22.4 Å². The van der Waals surface area contributed by atoms with E-state index < -0.39 is 23.9 Å². The van der Waals surface area contributed by atoms with Gasteiger partial charge < -0.3 is 15.3 Å². The first-order chi connectivity index (χ1) is 18.9. The van der Waals surface area contributed by atoms with Gasteiger partial charge in [-0.05, 0) is 44.2 Å². The van der Waals surface area contributed by atoms with Crippen molar-refractivity contribution in [2.24, 2.45) is 0 Å². The van der Waals surface area contributed by atoms with Crippen LogP contribution in [0.5, 0.6) is 0 Å². The SMILES string of the molecule is CCNC(=O)Nc1nc2c(F)c(-c3ccc(N4CCN(C(C)C(=O)O)CC4)nc3)cc(-c3ccccn3)c2s1. The minimum atomic E-state index is -0.831. The number of aromatic nitrogens is 3. The number of fused-ring (bicyclic) bond motifs is 1. The number of pyridine rings is 2. The lowest BCUT2D eigenvalue weighted by molar-refractivity contribution is -0.142. The maximum Gasteiger partial charge on any atom is 0.321 e. The predicted molar refractivity (Wildman–Crippen MR) is 150 cm³/mol. The van der Waals surface area contributed by atoms with Crippen molar-refractivity contribution in [2.45, 2.75) is 19.9 Å². The molecule has 0 spiro atoms. The molecule has 5 rings (SSSR count). The molecule has 12 heteroatoms. The van der Waals surface area contributed by atoms with Gasteiger partial charge in [-0.25, -0.2) is 19.2 Å². The second-order valence-electron chi connectivity index (χ2n) is 9.12. The van der Waals surface area contributed by atoms with Gasteiger partial charge in [0.05, 0.1) is 10.4 Å². The number of nitrogens with one attached hydrogen (secondary N) is 2. The third-order valence-corrected chi connectivity index (χ3v) is 7.71. The van der Waals surface area contributed by atoms with E-state index in [1.54, 1.807) is 25.4 Å². The molecule has 1 atom stereocenters. The van der Waals surface area contributed by atoms with Crippen LogP contribution in [0.2, 0.25) is 0 Å². The molecule has 0 radical (unpaired) electrons. The van der Waals surface area contributed by atoms with Gasteiger partial charge in [-0.1, -0.05) is 17.4 Å². The fourth-order valence-corrected chi connectivity index (χ4v) is 5.54. The van der Waals surface area contributed by atoms with E-state index in [4.69, 9.17) is 0 Å². The fourth-order valence-electron chi connectivity index (χ4n) is 4.56. The summed E-state index contributed by atoms with van der Waals surface area (Å²) in [6.45, 7) is 6.48. The number of benzene rings is 1. The number of thiazole rings is 1. The number of hydrogen-bond donors (Lipinski definition) is 3. The highest BCUT2D eigenvalue weighted by Crippen LogP contribution is 2.40. The molecule has 1 unspecified atom stereocenters. The Kier molecular flexibility index (Phi) is 7.66. The molecule has 3 N–H and O–H groups in total. The number of aliphatic carboxylic acids is 1. The highest BCUT2D eigenvalue weighted by Gasteiger charge is 2.26. The van der Waals surface area contributed by atoms with Gasteiger partial charge in [0.2, 0.25) is 0 Å². The Labute approximate surface area is 228 Å². The Morgan fingerprint density at radius 3 is 2.56 bits per heavy atom. The number of hydrogen-bond acceptors (Lipinski definition) is 8. The van der Waals surface area contributed by atoms with E-state index in [1.807, 2.05) is 42.2 Å². The number of rotatable bonds is 7. The number of carbonyl (C=O) groups excluding carboxylic acids is 1. The summed E-state index contributed by atoms with van der Waals surface area (Å²) >= 11 is 1.19. The normalized spacial score (nSPS) is 14.8. The predicted octanol–water partition coefficient (Wildman–Crippen LogP) is 4.30. The number of nitrogens with zero attached hydrogens (tertiary/aromatic N) is 5. The van der Waals surface area contributed by atoms with E-state index in [0.29, 0.717) is 59.8 Å². The average Bonchev–Trinajstić information content (AvgIpc) is 3.37. The van der Waals surface area contributed by atoms with Gasteiger partial charge in [-0.3, -0.25) is 20.0 Å². The molecule has 1 saturated heterocycles. The quantitative estimate of drug-likeness (QED) is 0.312. The highest BCUT2D eigenvalue weighted by atomic mass is 32.1. The number of urea groups is 1. The Morgan fingerprint density at radius 1 is 1.13 bits per heavy atom. The molecule has 10 nitrogen and oxygen atoms in total. The monoisotopic (exact) mass is 549 g/mol. The first kappa shape index (κ1) is 26.4. The Balaban J connectivity index is 1.46. The van der Waals surface area contributed by atoms with Crippen LogP contribution in [0.25, 0.3) is 32.6 Å². The van der Waals surface area contributed by atoms with Crippen molar-refractivity contribution >= 4 is 44.5 Å². The van der Waals surface area contributed by atoms with Gasteiger partial charge in [0.1, 0.15) is 17.4 Å². The summed E-state index contributed by atoms with van der Waals surface area (Å²) < 4.78 is 16.5. The van der Waals surface area contributed by atoms with Crippen LogP contribution < -0.4 is 15.5 Å². The molecule has 4 heterocycles. The van der Waals surface area contributed by atoms with Crippen LogP contribution in [0.3, 0.4) is 0 Å². The van der Waals surface area contributed by atoms with Crippen LogP contribution in [0.4, 0.5) is 20.1 Å². The molecule has 1 aromatic carbocycles. The molecule has 1 aliphatic rings. The molecule has 0 aliphatic carbocycles. The fraction of sp³-hybridized carbons (Fsp3) is 0.296. The second kappa shape index (κ2) is 11.3. The summed E-state index contributed by atoms with van der Waals surface area (Å²) in [5.74, 6) is -0.590. The molecule has 39 heavy (non-hydrogen) atoms. The van der Waals surface area contributed by atoms with Crippen LogP contribution in [0, 0.1) is 5.82 Å². The highest BCUT2D eigenvalue weighted by molar-refractivity contribution is 7.22. The lowest BCUT2D eigenvalue weighted by Crippen LogP contribution is -2.51. The Morgan fingerprint density at radius 2 is 1.92 bits per heavy atom. The number of carbonyl (C=O) groups is 2. The molecule has 0 bridgehead atoms. The van der Waals surface area contributed by atoms with Crippen LogP contribution in [0.15, 0.2) is 48.8 Å². The van der Waals surface area contributed by atoms with E-state index in [1.165, 1.54) is 11.3 Å². The minimum absolute atomic E-state index is 0.151. The first-order valence-corrected chi connectivity index (χ1v) is 13.4. The number of carboxylic acid groups (broad SMARTS) is 1. The summed E-state index contributed by atoms with van der Waals surface area (Å²) in [5, 5.41) is 14.9. The minimum Gasteiger partial charge on any atom is -0.480 e. The van der Waals surface area contributed by atoms with Crippen molar-refractivity contribution in [3.63, 3.8) is 0 Å². The van der Waals surface area contributed by atoms with Gasteiger partial charge in [0.25, 0.3) is 0 Å². The molecule has 0 saturated carbocycles. The van der Waals surface area contributed by atoms with Gasteiger partial charge in [0, 0.05) is 61.8 Å². The average molecular weight is 550 g/mol. The lowest BCUT2D eigenvalue weighted by Gasteiger charge is -2.37. The molecule has 1 fully saturated rings. The largest absolute Gasteiger partial charge is 0.480 e. The molecule has 2 amide bonds. The van der Waals surface area contributed by atoms with E-state index in [2.05, 4.69) is 30.5 Å². The van der Waals surface area contributed by atoms with E-state index in [0.717, 1.165) is 5.82 Å². The van der Waals surface area contributed by atoms with Crippen LogP contribution in [-0.2, 0) is 4.79 Å². The summed E-state index contributed by atoms with van der Waals surface area (Å²) in [4.78, 5) is 40.8. The standard InChI is InChI=1S/C27H28FN7O3S/c1-3-29-26(38)33-27-32-23-22(28)18(14-19(24(23)39-27)20-6-4-5-9-30-20)17-7-8-21(31-15-17)35-12-10-34(11-13-35)16(2)25(36)37/h4-9,14-16H,3,10-13H2,1-2H3,(H,36,37)(H2,29,32,33,38). The van der Waals surface area contributed by atoms with E-state index >= 15 is 4.39 Å². The molecular formula is C27H28FN7O3S. The van der Waals surface area contributed by atoms with Crippen LogP contribution in [-0.4, -0.2) is 75.7 Å². The molecular weight excluding hydrogens is 521 g/mol. The van der Waals surface area contributed by atoms with Crippen molar-refractivity contribution in [1.82, 2.24) is 25.2 Å². The maximum atomic E-state index is 15.9. The maximum absolute atomic E-state index is 15.9. The van der Waals surface area contributed by atoms with Crippen molar-refractivity contribution in [3.05, 3.63) is 54.6 Å². The smallest absolute Gasteiger partial charge is 0.321 e. The second-order valence-corrected chi connectivity index (χ2v) is 10.1. The summed E-state index contributed by atoms with van der Waals surface area (Å²) in [7, 11) is 0. The van der Waals surface area contributed by atoms with Crippen molar-refractivity contribution in [2.75, 3.05) is 42.9 Å². The van der Waals surface area contributed by atoms with Gasteiger partial charge >= 0.3 is 12.0 Å². The van der Waals surface area contributed by atoms with Crippen molar-refractivity contribution < 1.29 is 19.1 Å². The summed E-state index contributed by atoms with van der Waals surface area (Å²) in [6.07, 6.45) is 3.31. The zero-order chi connectivity index (χ0) is 27.5. The van der Waals surface area contributed by atoms with Gasteiger partial charge in [-0.15, -0.1) is 0 Å². The number of amides is 2. The zero-order valence-corrected chi connectivity index (χ0v) is 22.3. The van der Waals surface area contributed by atoms with E-state index in [9.17, 15) is 14.7 Å². The Bertz CT molecular complexity index is 1490. The summed E-state index contributed by atoms with van der Waals surface area (Å²) in [6, 6.07) is 9.99. The van der Waals surface area contributed by atoms with Gasteiger partial charge in [0.15, 0.2) is 10.9 Å².